The first-order chi connectivity index (χ1) is 8.41. The van der Waals surface area contributed by atoms with Crippen molar-refractivity contribution in [2.75, 3.05) is 5.88 Å². The molecule has 0 aliphatic heterocycles. The van der Waals surface area contributed by atoms with E-state index in [1.54, 1.807) is 18.2 Å². The summed E-state index contributed by atoms with van der Waals surface area (Å²) in [4.78, 5) is 12.1. The van der Waals surface area contributed by atoms with Crippen LogP contribution in [0.4, 0.5) is 0 Å². The number of nitrogens with one attached hydrogen (secondary N) is 1. The van der Waals surface area contributed by atoms with Crippen LogP contribution >= 0.6 is 39.1 Å². The minimum absolute atomic E-state index is 0.126. The van der Waals surface area contributed by atoms with Gasteiger partial charge >= 0.3 is 0 Å². The number of hydrogen-bond acceptors (Lipinski definition) is 1. The zero-order valence-corrected chi connectivity index (χ0v) is 13.5. The molecule has 1 amide bonds. The summed E-state index contributed by atoms with van der Waals surface area (Å²) in [5.41, 5.74) is 0.274. The van der Waals surface area contributed by atoms with Crippen LogP contribution in [0.1, 0.15) is 37.0 Å². The maximum absolute atomic E-state index is 12.1. The third-order valence-corrected chi connectivity index (χ3v) is 4.45. The predicted molar refractivity (Wildman–Crippen MR) is 80.7 cm³/mol. The van der Waals surface area contributed by atoms with Crippen LogP contribution in [0.5, 0.6) is 0 Å². The zero-order chi connectivity index (χ0) is 13.8. The van der Waals surface area contributed by atoms with Crippen molar-refractivity contribution in [1.29, 1.82) is 0 Å². The first-order valence-corrected chi connectivity index (χ1v) is 7.46. The van der Waals surface area contributed by atoms with Crippen LogP contribution in [0.15, 0.2) is 22.7 Å². The molecule has 1 unspecified atom stereocenters. The van der Waals surface area contributed by atoms with E-state index in [9.17, 15) is 4.79 Å². The van der Waals surface area contributed by atoms with Gasteiger partial charge in [-0.05, 0) is 53.9 Å². The summed E-state index contributed by atoms with van der Waals surface area (Å²) in [5.74, 6) is 0.394. The Morgan fingerprint density at radius 3 is 2.67 bits per heavy atom. The third-order valence-electron chi connectivity index (χ3n) is 3.02. The monoisotopic (exact) mass is 351 g/mol. The van der Waals surface area contributed by atoms with Gasteiger partial charge in [0.2, 0.25) is 0 Å². The van der Waals surface area contributed by atoms with Crippen LogP contribution < -0.4 is 5.32 Å². The molecule has 1 atom stereocenters. The molecule has 2 nitrogen and oxygen atoms in total. The van der Waals surface area contributed by atoms with Crippen molar-refractivity contribution < 1.29 is 4.79 Å². The second-order valence-corrected chi connectivity index (χ2v) is 6.08. The van der Waals surface area contributed by atoms with E-state index in [1.807, 2.05) is 13.8 Å². The van der Waals surface area contributed by atoms with E-state index in [4.69, 9.17) is 23.2 Å². The van der Waals surface area contributed by atoms with Crippen molar-refractivity contribution in [3.63, 3.8) is 0 Å². The summed E-state index contributed by atoms with van der Waals surface area (Å²) in [7, 11) is 0. The fraction of sp³-hybridized carbons (Fsp3) is 0.462. The summed E-state index contributed by atoms with van der Waals surface area (Å²) in [6, 6.07) is 5.15. The van der Waals surface area contributed by atoms with Crippen molar-refractivity contribution >= 4 is 45.0 Å². The van der Waals surface area contributed by atoms with Gasteiger partial charge in [0.1, 0.15) is 0 Å². The molecule has 5 heteroatoms. The molecule has 1 N–H and O–H groups in total. The van der Waals surface area contributed by atoms with Crippen molar-refractivity contribution in [1.82, 2.24) is 5.32 Å². The first kappa shape index (κ1) is 15.8. The van der Waals surface area contributed by atoms with Crippen LogP contribution in [0, 0.1) is 0 Å². The molecule has 18 heavy (non-hydrogen) atoms. The lowest BCUT2D eigenvalue weighted by Gasteiger charge is -2.29. The molecule has 0 aromatic heterocycles. The van der Waals surface area contributed by atoms with Crippen LogP contribution in [-0.4, -0.2) is 17.3 Å². The van der Waals surface area contributed by atoms with E-state index >= 15 is 0 Å². The second-order valence-electron chi connectivity index (χ2n) is 4.44. The molecule has 0 spiro atoms. The van der Waals surface area contributed by atoms with Gasteiger partial charge in [0.05, 0.1) is 5.02 Å². The number of alkyl halides is 1. The fourth-order valence-electron chi connectivity index (χ4n) is 1.52. The third kappa shape index (κ3) is 4.15. The van der Waals surface area contributed by atoms with E-state index in [0.717, 1.165) is 17.3 Å². The average Bonchev–Trinajstić information content (AvgIpc) is 2.32. The van der Waals surface area contributed by atoms with Crippen molar-refractivity contribution in [2.24, 2.45) is 0 Å². The topological polar surface area (TPSA) is 29.1 Å². The van der Waals surface area contributed by atoms with E-state index in [2.05, 4.69) is 21.2 Å². The van der Waals surface area contributed by atoms with Gasteiger partial charge in [0.25, 0.3) is 5.91 Å². The van der Waals surface area contributed by atoms with E-state index < -0.39 is 0 Å². The summed E-state index contributed by atoms with van der Waals surface area (Å²) in [5, 5.41) is 3.54. The fourth-order valence-corrected chi connectivity index (χ4v) is 2.36. The normalized spacial score (nSPS) is 14.1. The Labute approximate surface area is 126 Å². The number of benzene rings is 1. The van der Waals surface area contributed by atoms with Gasteiger partial charge in [0.15, 0.2) is 0 Å². The number of hydrogen-bond donors (Lipinski definition) is 1. The van der Waals surface area contributed by atoms with Crippen LogP contribution in [0.2, 0.25) is 5.02 Å². The summed E-state index contributed by atoms with van der Waals surface area (Å²) in [6.45, 7) is 4.02. The highest BCUT2D eigenvalue weighted by Gasteiger charge is 2.24. The molecule has 0 aliphatic carbocycles. The molecule has 0 bridgehead atoms. The number of amides is 1. The van der Waals surface area contributed by atoms with E-state index in [1.165, 1.54) is 0 Å². The van der Waals surface area contributed by atoms with Gasteiger partial charge in [-0.3, -0.25) is 4.79 Å². The van der Waals surface area contributed by atoms with Crippen LogP contribution in [0.3, 0.4) is 0 Å². The molecule has 1 aromatic rings. The molecule has 0 aliphatic rings. The first-order valence-electron chi connectivity index (χ1n) is 5.75. The highest BCUT2D eigenvalue weighted by atomic mass is 79.9. The number of carbonyl (C=O) groups is 1. The summed E-state index contributed by atoms with van der Waals surface area (Å²) in [6.07, 6.45) is 1.57. The number of rotatable bonds is 5. The highest BCUT2D eigenvalue weighted by molar-refractivity contribution is 9.10. The van der Waals surface area contributed by atoms with Gasteiger partial charge < -0.3 is 5.32 Å². The van der Waals surface area contributed by atoms with Gasteiger partial charge in [0, 0.05) is 21.5 Å². The quantitative estimate of drug-likeness (QED) is 0.769. The Morgan fingerprint density at radius 1 is 1.50 bits per heavy atom. The molecule has 0 fully saturated rings. The minimum atomic E-state index is -0.279. The molecular weight excluding hydrogens is 337 g/mol. The van der Waals surface area contributed by atoms with Crippen molar-refractivity contribution in [3.8, 4) is 0 Å². The maximum atomic E-state index is 12.1. The molecule has 1 aromatic carbocycles. The Morgan fingerprint density at radius 2 is 2.17 bits per heavy atom. The minimum Gasteiger partial charge on any atom is -0.347 e. The summed E-state index contributed by atoms with van der Waals surface area (Å²) < 4.78 is 0.778. The Hall–Kier alpha value is -0.250. The molecule has 0 saturated carbocycles. The summed E-state index contributed by atoms with van der Waals surface area (Å²) >= 11 is 15.0. The molecule has 0 heterocycles. The van der Waals surface area contributed by atoms with E-state index in [-0.39, 0.29) is 11.4 Å². The van der Waals surface area contributed by atoms with Crippen LogP contribution in [0.25, 0.3) is 0 Å². The molecule has 0 radical (unpaired) electrons. The standard InChI is InChI=1S/C13H16BrCl2NO/c1-3-13(2,6-7-15)17-12(18)9-4-5-10(14)11(16)8-9/h4-5,8H,3,6-7H2,1-2H3,(H,17,18). The predicted octanol–water partition coefficient (Wildman–Crippen LogP) is 4.63. The van der Waals surface area contributed by atoms with Gasteiger partial charge in [-0.1, -0.05) is 18.5 Å². The molecule has 100 valence electrons. The zero-order valence-electron chi connectivity index (χ0n) is 10.4. The van der Waals surface area contributed by atoms with Crippen molar-refractivity contribution in [3.05, 3.63) is 33.3 Å². The smallest absolute Gasteiger partial charge is 0.251 e. The molecule has 0 saturated heterocycles. The lowest BCUT2D eigenvalue weighted by Crippen LogP contribution is -2.45. The Kier molecular flexibility index (Phi) is 5.96. The Bertz CT molecular complexity index is 439. The lowest BCUT2D eigenvalue weighted by atomic mass is 9.95. The SMILES string of the molecule is CCC(C)(CCCl)NC(=O)c1ccc(Br)c(Cl)c1. The molecular formula is C13H16BrCl2NO. The largest absolute Gasteiger partial charge is 0.347 e. The van der Waals surface area contributed by atoms with Gasteiger partial charge in [-0.15, -0.1) is 11.6 Å². The average molecular weight is 353 g/mol. The maximum Gasteiger partial charge on any atom is 0.251 e. The highest BCUT2D eigenvalue weighted by Crippen LogP contribution is 2.24. The van der Waals surface area contributed by atoms with Crippen LogP contribution in [-0.2, 0) is 0 Å². The second kappa shape index (κ2) is 6.78. The number of carbonyl (C=O) groups excluding carboxylic acids is 1. The van der Waals surface area contributed by atoms with Gasteiger partial charge in [-0.2, -0.15) is 0 Å². The lowest BCUT2D eigenvalue weighted by molar-refractivity contribution is 0.0901. The Balaban J connectivity index is 2.84. The van der Waals surface area contributed by atoms with Gasteiger partial charge in [-0.25, -0.2) is 0 Å². The molecule has 1 rings (SSSR count). The number of halogens is 3. The van der Waals surface area contributed by atoms with Crippen molar-refractivity contribution in [2.45, 2.75) is 32.2 Å². The van der Waals surface area contributed by atoms with E-state index in [0.29, 0.717) is 16.5 Å².